The summed E-state index contributed by atoms with van der Waals surface area (Å²) in [4.78, 5) is 12.6. The molecule has 2 aromatic rings. The summed E-state index contributed by atoms with van der Waals surface area (Å²) in [6, 6.07) is 9.21. The van der Waals surface area contributed by atoms with E-state index in [2.05, 4.69) is 5.32 Å². The maximum atomic E-state index is 14.1. The van der Waals surface area contributed by atoms with E-state index in [1.807, 2.05) is 0 Å². The molecule has 0 saturated carbocycles. The Bertz CT molecular complexity index is 903. The van der Waals surface area contributed by atoms with Crippen molar-refractivity contribution in [3.63, 3.8) is 0 Å². The third-order valence-corrected chi connectivity index (χ3v) is 5.10. The first-order valence-electron chi connectivity index (χ1n) is 7.42. The molecule has 0 aromatic heterocycles. The van der Waals surface area contributed by atoms with E-state index in [-0.39, 0.29) is 5.69 Å². The number of rotatable bonds is 5. The summed E-state index contributed by atoms with van der Waals surface area (Å²) in [5, 5.41) is 3.07. The molecule has 0 aliphatic heterocycles. The molecule has 1 unspecified atom stereocenters. The monoisotopic (exact) mass is 384 g/mol. The number of hydrogen-bond acceptors (Lipinski definition) is 3. The molecule has 134 valence electrons. The number of sulfonamides is 1. The lowest BCUT2D eigenvalue weighted by Crippen LogP contribution is -2.45. The molecule has 8 heteroatoms. The first-order valence-corrected chi connectivity index (χ1v) is 9.65. The van der Waals surface area contributed by atoms with Crippen LogP contribution in [0.25, 0.3) is 0 Å². The summed E-state index contributed by atoms with van der Waals surface area (Å²) < 4.78 is 39.2. The number of halogens is 2. The number of carbonyl (C=O) groups excluding carboxylic acids is 1. The first kappa shape index (κ1) is 19.2. The van der Waals surface area contributed by atoms with Gasteiger partial charge in [-0.1, -0.05) is 29.8 Å². The highest BCUT2D eigenvalue weighted by molar-refractivity contribution is 7.92. The average Bonchev–Trinajstić information content (AvgIpc) is 2.51. The smallest absolute Gasteiger partial charge is 0.248 e. The van der Waals surface area contributed by atoms with Crippen LogP contribution < -0.4 is 9.62 Å². The van der Waals surface area contributed by atoms with Gasteiger partial charge in [0.05, 0.1) is 11.9 Å². The van der Waals surface area contributed by atoms with Crippen LogP contribution in [0.4, 0.5) is 15.8 Å². The third kappa shape index (κ3) is 4.49. The Balaban J connectivity index is 2.37. The summed E-state index contributed by atoms with van der Waals surface area (Å²) in [6.07, 6.45) is 0.924. The molecule has 0 aliphatic carbocycles. The zero-order chi connectivity index (χ0) is 18.8. The lowest BCUT2D eigenvalue weighted by molar-refractivity contribution is -0.116. The molecule has 2 aromatic carbocycles. The van der Waals surface area contributed by atoms with Gasteiger partial charge in [-0.25, -0.2) is 12.8 Å². The predicted octanol–water partition coefficient (Wildman–Crippen LogP) is 3.58. The quantitative estimate of drug-likeness (QED) is 0.856. The molecular weight excluding hydrogens is 367 g/mol. The van der Waals surface area contributed by atoms with Crippen LogP contribution >= 0.6 is 11.6 Å². The van der Waals surface area contributed by atoms with Gasteiger partial charge in [-0.2, -0.15) is 0 Å². The van der Waals surface area contributed by atoms with Gasteiger partial charge in [0.2, 0.25) is 15.9 Å². The molecule has 0 fully saturated rings. The summed E-state index contributed by atoms with van der Waals surface area (Å²) >= 11 is 5.92. The fourth-order valence-corrected chi connectivity index (χ4v) is 3.73. The van der Waals surface area contributed by atoms with E-state index in [0.717, 1.165) is 22.2 Å². The van der Waals surface area contributed by atoms with Crippen LogP contribution in [0.3, 0.4) is 0 Å². The fourth-order valence-electron chi connectivity index (χ4n) is 2.38. The molecule has 25 heavy (non-hydrogen) atoms. The Hall–Kier alpha value is -2.12. The zero-order valence-electron chi connectivity index (χ0n) is 14.0. The topological polar surface area (TPSA) is 66.5 Å². The van der Waals surface area contributed by atoms with Gasteiger partial charge in [0.1, 0.15) is 11.9 Å². The van der Waals surface area contributed by atoms with Gasteiger partial charge in [0.15, 0.2) is 0 Å². The lowest BCUT2D eigenvalue weighted by Gasteiger charge is -2.28. The van der Waals surface area contributed by atoms with Crippen molar-refractivity contribution in [2.24, 2.45) is 0 Å². The van der Waals surface area contributed by atoms with E-state index < -0.39 is 27.8 Å². The minimum Gasteiger partial charge on any atom is -0.324 e. The van der Waals surface area contributed by atoms with Crippen molar-refractivity contribution in [2.45, 2.75) is 19.9 Å². The van der Waals surface area contributed by atoms with Crippen LogP contribution in [0, 0.1) is 12.7 Å². The van der Waals surface area contributed by atoms with Crippen molar-refractivity contribution in [1.29, 1.82) is 0 Å². The highest BCUT2D eigenvalue weighted by Gasteiger charge is 2.31. The number of aryl methyl sites for hydroxylation is 1. The molecule has 1 N–H and O–H groups in total. The van der Waals surface area contributed by atoms with Gasteiger partial charge >= 0.3 is 0 Å². The van der Waals surface area contributed by atoms with Crippen LogP contribution in [0.1, 0.15) is 12.5 Å². The number of hydrogen-bond donors (Lipinski definition) is 1. The largest absolute Gasteiger partial charge is 0.324 e. The number of nitrogens with zero attached hydrogens (tertiary/aromatic N) is 1. The number of benzene rings is 2. The van der Waals surface area contributed by atoms with Crippen LogP contribution in [0.2, 0.25) is 5.02 Å². The molecule has 0 heterocycles. The third-order valence-electron chi connectivity index (χ3n) is 3.64. The number of anilines is 2. The second-order valence-corrected chi connectivity index (χ2v) is 7.93. The Labute approximate surface area is 151 Å². The minimum atomic E-state index is -3.89. The lowest BCUT2D eigenvalue weighted by atomic mass is 10.2. The second kappa shape index (κ2) is 7.41. The Kier molecular flexibility index (Phi) is 5.69. The highest BCUT2D eigenvalue weighted by Crippen LogP contribution is 2.25. The first-order chi connectivity index (χ1) is 11.6. The average molecular weight is 385 g/mol. The fraction of sp³-hybridized carbons (Fsp3) is 0.235. The molecule has 1 amide bonds. The van der Waals surface area contributed by atoms with E-state index in [9.17, 15) is 17.6 Å². The SMILES string of the molecule is Cc1ccc(Cl)cc1NC(=O)C(C)N(c1ccccc1F)S(C)(=O)=O. The molecule has 0 spiro atoms. The number of amides is 1. The molecule has 0 radical (unpaired) electrons. The van der Waals surface area contributed by atoms with Gasteiger partial charge in [-0.3, -0.25) is 9.10 Å². The van der Waals surface area contributed by atoms with Gasteiger partial charge in [-0.05, 0) is 43.7 Å². The molecule has 2 rings (SSSR count). The molecule has 5 nitrogen and oxygen atoms in total. The van der Waals surface area contributed by atoms with E-state index in [4.69, 9.17) is 11.6 Å². The van der Waals surface area contributed by atoms with Gasteiger partial charge in [-0.15, -0.1) is 0 Å². The molecule has 0 saturated heterocycles. The van der Waals surface area contributed by atoms with Gasteiger partial charge in [0, 0.05) is 10.7 Å². The predicted molar refractivity (Wildman–Crippen MR) is 98.0 cm³/mol. The van der Waals surface area contributed by atoms with Crippen LogP contribution in [0.15, 0.2) is 42.5 Å². The summed E-state index contributed by atoms with van der Waals surface area (Å²) in [5.74, 6) is -1.33. The zero-order valence-corrected chi connectivity index (χ0v) is 15.5. The molecule has 0 aliphatic rings. The van der Waals surface area contributed by atoms with Crippen molar-refractivity contribution >= 4 is 38.9 Å². The van der Waals surface area contributed by atoms with E-state index >= 15 is 0 Å². The van der Waals surface area contributed by atoms with Crippen molar-refractivity contribution in [3.05, 3.63) is 58.9 Å². The Morgan fingerprint density at radius 1 is 1.24 bits per heavy atom. The summed E-state index contributed by atoms with van der Waals surface area (Å²) in [5.41, 5.74) is 1.04. The van der Waals surface area contributed by atoms with Crippen molar-refractivity contribution in [1.82, 2.24) is 0 Å². The van der Waals surface area contributed by atoms with E-state index in [1.165, 1.54) is 25.1 Å². The Morgan fingerprint density at radius 2 is 1.88 bits per heavy atom. The van der Waals surface area contributed by atoms with Gasteiger partial charge < -0.3 is 5.32 Å². The standard InChI is InChI=1S/C17H18ClFN2O3S/c1-11-8-9-13(18)10-15(11)20-17(22)12(2)21(25(3,23)24)16-7-5-4-6-14(16)19/h4-10,12H,1-3H3,(H,20,22). The van der Waals surface area contributed by atoms with Crippen molar-refractivity contribution < 1.29 is 17.6 Å². The van der Waals surface area contributed by atoms with Crippen molar-refractivity contribution in [3.8, 4) is 0 Å². The van der Waals surface area contributed by atoms with Gasteiger partial charge in [0.25, 0.3) is 0 Å². The van der Waals surface area contributed by atoms with Crippen LogP contribution in [0.5, 0.6) is 0 Å². The number of para-hydroxylation sites is 1. The molecular formula is C17H18ClFN2O3S. The van der Waals surface area contributed by atoms with Crippen LogP contribution in [-0.2, 0) is 14.8 Å². The normalized spacial score (nSPS) is 12.5. The maximum absolute atomic E-state index is 14.1. The number of carbonyl (C=O) groups is 1. The molecule has 0 bridgehead atoms. The highest BCUT2D eigenvalue weighted by atomic mass is 35.5. The summed E-state index contributed by atoms with van der Waals surface area (Å²) in [6.45, 7) is 3.17. The maximum Gasteiger partial charge on any atom is 0.248 e. The van der Waals surface area contributed by atoms with Crippen LogP contribution in [-0.4, -0.2) is 26.6 Å². The van der Waals surface area contributed by atoms with E-state index in [0.29, 0.717) is 10.7 Å². The second-order valence-electron chi connectivity index (χ2n) is 5.63. The Morgan fingerprint density at radius 3 is 2.48 bits per heavy atom. The minimum absolute atomic E-state index is 0.185. The van der Waals surface area contributed by atoms with Crippen molar-refractivity contribution in [2.75, 3.05) is 15.9 Å². The molecule has 1 atom stereocenters. The van der Waals surface area contributed by atoms with E-state index in [1.54, 1.807) is 25.1 Å². The number of nitrogens with one attached hydrogen (secondary N) is 1. The summed E-state index contributed by atoms with van der Waals surface area (Å²) in [7, 11) is -3.89.